The summed E-state index contributed by atoms with van der Waals surface area (Å²) >= 11 is 0. The zero-order valence-electron chi connectivity index (χ0n) is 25.4. The zero-order valence-corrected chi connectivity index (χ0v) is 25.4. The number of hydrogen-bond donors (Lipinski definition) is 1. The summed E-state index contributed by atoms with van der Waals surface area (Å²) in [6.07, 6.45) is 13.5. The largest absolute Gasteiger partial charge is 0.507 e. The minimum atomic E-state index is -0.311. The van der Waals surface area contributed by atoms with Crippen LogP contribution in [0, 0.1) is 5.82 Å². The van der Waals surface area contributed by atoms with E-state index < -0.39 is 0 Å². The van der Waals surface area contributed by atoms with Crippen LogP contribution in [0.5, 0.6) is 5.75 Å². The molecule has 5 aromatic rings. The Morgan fingerprint density at radius 2 is 1.44 bits per heavy atom. The van der Waals surface area contributed by atoms with Crippen LogP contribution in [0.25, 0.3) is 44.5 Å². The van der Waals surface area contributed by atoms with Crippen molar-refractivity contribution < 1.29 is 9.50 Å². The second kappa shape index (κ2) is 12.7. The van der Waals surface area contributed by atoms with Gasteiger partial charge in [0.2, 0.25) is 0 Å². The Balaban J connectivity index is 1.43. The van der Waals surface area contributed by atoms with Crippen molar-refractivity contribution in [1.82, 2.24) is 9.97 Å². The molecule has 1 aliphatic carbocycles. The fourth-order valence-electron chi connectivity index (χ4n) is 7.01. The van der Waals surface area contributed by atoms with E-state index in [2.05, 4.69) is 37.0 Å². The van der Waals surface area contributed by atoms with Crippen molar-refractivity contribution in [3.05, 3.63) is 102 Å². The molecule has 0 saturated heterocycles. The molecule has 3 aromatic carbocycles. The van der Waals surface area contributed by atoms with E-state index in [0.29, 0.717) is 11.3 Å². The third kappa shape index (κ3) is 5.56. The van der Waals surface area contributed by atoms with Gasteiger partial charge in [0.1, 0.15) is 11.6 Å². The molecule has 3 nitrogen and oxygen atoms in total. The van der Waals surface area contributed by atoms with E-state index in [-0.39, 0.29) is 17.0 Å². The van der Waals surface area contributed by atoms with Gasteiger partial charge in [-0.25, -0.2) is 9.37 Å². The number of rotatable bonds is 12. The molecule has 220 valence electrons. The molecule has 0 saturated carbocycles. The molecule has 0 amide bonds. The van der Waals surface area contributed by atoms with Crippen molar-refractivity contribution in [3.63, 3.8) is 0 Å². The molecular weight excluding hydrogens is 531 g/mol. The molecule has 2 aromatic heterocycles. The molecular formula is C39H41FN2O. The number of aromatic nitrogens is 2. The van der Waals surface area contributed by atoms with Crippen LogP contribution in [0.2, 0.25) is 0 Å². The summed E-state index contributed by atoms with van der Waals surface area (Å²) in [5.74, 6) is -0.0265. The van der Waals surface area contributed by atoms with Crippen LogP contribution in [0.15, 0.2) is 85.1 Å². The van der Waals surface area contributed by atoms with Gasteiger partial charge in [-0.1, -0.05) is 108 Å². The highest BCUT2D eigenvalue weighted by molar-refractivity contribution is 5.87. The summed E-state index contributed by atoms with van der Waals surface area (Å²) < 4.78 is 15.2. The molecule has 1 N–H and O–H groups in total. The fraction of sp³-hybridized carbons (Fsp3) is 0.333. The van der Waals surface area contributed by atoms with Crippen molar-refractivity contribution in [3.8, 4) is 39.5 Å². The minimum absolute atomic E-state index is 0.153. The maximum Gasteiger partial charge on any atom is 0.132 e. The highest BCUT2D eigenvalue weighted by Gasteiger charge is 2.44. The number of phenols is 1. The number of phenolic OH excluding ortho intramolecular Hbond substituents is 1. The van der Waals surface area contributed by atoms with Crippen molar-refractivity contribution in [2.45, 2.75) is 83.5 Å². The smallest absolute Gasteiger partial charge is 0.132 e. The Bertz CT molecular complexity index is 1730. The lowest BCUT2D eigenvalue weighted by Crippen LogP contribution is -2.25. The molecule has 0 atom stereocenters. The van der Waals surface area contributed by atoms with Crippen LogP contribution in [-0.4, -0.2) is 15.1 Å². The van der Waals surface area contributed by atoms with E-state index in [9.17, 15) is 5.11 Å². The number of halogens is 1. The third-order valence-electron chi connectivity index (χ3n) is 9.29. The van der Waals surface area contributed by atoms with Gasteiger partial charge in [-0.05, 0) is 65.8 Å². The Kier molecular flexibility index (Phi) is 8.56. The standard InChI is InChI=1S/C39H41FN2O/c1-3-5-7-11-22-39(23-12-8-6-4-2)31-16-13-17-36(43)37(31)38-32(39)19-21-34(42-38)28-18-20-33(40)30(24-28)35-25-27-14-9-10-15-29(27)26-41-35/h9-10,13-21,24-26,43H,3-8,11-12,22-23H2,1-2H3. The molecule has 1 aliphatic rings. The van der Waals surface area contributed by atoms with Gasteiger partial charge in [0, 0.05) is 33.7 Å². The molecule has 43 heavy (non-hydrogen) atoms. The topological polar surface area (TPSA) is 46.0 Å². The molecule has 6 rings (SSSR count). The molecule has 2 heterocycles. The van der Waals surface area contributed by atoms with Gasteiger partial charge >= 0.3 is 0 Å². The summed E-state index contributed by atoms with van der Waals surface area (Å²) in [5, 5.41) is 13.3. The number of hydrogen-bond acceptors (Lipinski definition) is 3. The first-order valence-corrected chi connectivity index (χ1v) is 16.0. The van der Waals surface area contributed by atoms with Crippen molar-refractivity contribution in [2.75, 3.05) is 0 Å². The summed E-state index contributed by atoms with van der Waals surface area (Å²) in [6, 6.07) is 25.4. The third-order valence-corrected chi connectivity index (χ3v) is 9.29. The summed E-state index contributed by atoms with van der Waals surface area (Å²) in [4.78, 5) is 9.80. The second-order valence-corrected chi connectivity index (χ2v) is 12.1. The summed E-state index contributed by atoms with van der Waals surface area (Å²) in [7, 11) is 0. The van der Waals surface area contributed by atoms with Gasteiger partial charge in [0.15, 0.2) is 0 Å². The highest BCUT2D eigenvalue weighted by Crippen LogP contribution is 2.56. The van der Waals surface area contributed by atoms with Crippen LogP contribution in [0.3, 0.4) is 0 Å². The van der Waals surface area contributed by atoms with Crippen LogP contribution >= 0.6 is 0 Å². The Morgan fingerprint density at radius 3 is 2.19 bits per heavy atom. The Morgan fingerprint density at radius 1 is 0.698 bits per heavy atom. The lowest BCUT2D eigenvalue weighted by Gasteiger charge is -2.32. The predicted octanol–water partition coefficient (Wildman–Crippen LogP) is 11.0. The van der Waals surface area contributed by atoms with E-state index in [1.54, 1.807) is 18.3 Å². The summed E-state index contributed by atoms with van der Waals surface area (Å²) in [6.45, 7) is 4.50. The Labute approximate surface area is 254 Å². The van der Waals surface area contributed by atoms with Gasteiger partial charge in [-0.2, -0.15) is 0 Å². The van der Waals surface area contributed by atoms with Crippen LogP contribution in [-0.2, 0) is 5.41 Å². The lowest BCUT2D eigenvalue weighted by molar-refractivity contribution is 0.399. The van der Waals surface area contributed by atoms with Gasteiger partial charge in [0.25, 0.3) is 0 Å². The Hall–Kier alpha value is -4.05. The number of aromatic hydroxyl groups is 1. The van der Waals surface area contributed by atoms with Crippen molar-refractivity contribution in [1.29, 1.82) is 0 Å². The first-order chi connectivity index (χ1) is 21.1. The van der Waals surface area contributed by atoms with E-state index >= 15 is 4.39 Å². The van der Waals surface area contributed by atoms with E-state index in [1.165, 1.54) is 55.7 Å². The van der Waals surface area contributed by atoms with Crippen molar-refractivity contribution >= 4 is 10.8 Å². The molecule has 0 spiro atoms. The average molecular weight is 573 g/mol. The monoisotopic (exact) mass is 572 g/mol. The van der Waals surface area contributed by atoms with Crippen LogP contribution < -0.4 is 0 Å². The fourth-order valence-corrected chi connectivity index (χ4v) is 7.01. The van der Waals surface area contributed by atoms with E-state index in [0.717, 1.165) is 59.0 Å². The molecule has 0 unspecified atom stereocenters. The van der Waals surface area contributed by atoms with E-state index in [4.69, 9.17) is 4.98 Å². The lowest BCUT2D eigenvalue weighted by atomic mass is 9.70. The minimum Gasteiger partial charge on any atom is -0.507 e. The maximum atomic E-state index is 15.2. The average Bonchev–Trinajstić information content (AvgIpc) is 3.31. The quantitative estimate of drug-likeness (QED) is 0.151. The SMILES string of the molecule is CCCCCCC1(CCCCCC)c2ccc(-c3ccc(F)c(-c4cc5ccccc5cn4)c3)nc2-c2c(O)cccc21. The molecule has 0 radical (unpaired) electrons. The number of nitrogens with zero attached hydrogens (tertiary/aromatic N) is 2. The van der Waals surface area contributed by atoms with E-state index in [1.807, 2.05) is 42.5 Å². The number of benzene rings is 3. The molecule has 0 fully saturated rings. The van der Waals surface area contributed by atoms with Gasteiger partial charge in [-0.3, -0.25) is 4.98 Å². The normalized spacial score (nSPS) is 13.3. The first-order valence-electron chi connectivity index (χ1n) is 16.0. The van der Waals surface area contributed by atoms with Gasteiger partial charge in [0.05, 0.1) is 17.1 Å². The molecule has 0 aliphatic heterocycles. The number of pyridine rings is 2. The zero-order chi connectivity index (χ0) is 29.8. The number of fused-ring (bicyclic) bond motifs is 4. The summed E-state index contributed by atoms with van der Waals surface area (Å²) in [5.41, 5.74) is 6.65. The van der Waals surface area contributed by atoms with Gasteiger partial charge in [-0.15, -0.1) is 0 Å². The predicted molar refractivity (Wildman–Crippen MR) is 176 cm³/mol. The van der Waals surface area contributed by atoms with Crippen LogP contribution in [0.1, 0.15) is 89.2 Å². The number of unbranched alkanes of at least 4 members (excludes halogenated alkanes) is 6. The van der Waals surface area contributed by atoms with Crippen molar-refractivity contribution in [2.24, 2.45) is 0 Å². The van der Waals surface area contributed by atoms with Crippen LogP contribution in [0.4, 0.5) is 4.39 Å². The maximum absolute atomic E-state index is 15.2. The molecule has 0 bridgehead atoms. The van der Waals surface area contributed by atoms with Gasteiger partial charge < -0.3 is 5.11 Å². The second-order valence-electron chi connectivity index (χ2n) is 12.1. The first kappa shape index (κ1) is 29.0. The highest BCUT2D eigenvalue weighted by atomic mass is 19.1. The molecule has 4 heteroatoms.